The summed E-state index contributed by atoms with van der Waals surface area (Å²) in [4.78, 5) is 19.5. The maximum atomic E-state index is 12.6. The minimum absolute atomic E-state index is 0.199. The highest BCUT2D eigenvalue weighted by Crippen LogP contribution is 2.25. The Morgan fingerprint density at radius 1 is 1.30 bits per heavy atom. The lowest BCUT2D eigenvalue weighted by atomic mass is 9.98. The number of carbonyl (C=O) groups excluding carboxylic acids is 1. The molecule has 6 nitrogen and oxygen atoms in total. The van der Waals surface area contributed by atoms with E-state index in [-0.39, 0.29) is 18.1 Å². The molecule has 2 aromatic rings. The lowest BCUT2D eigenvalue weighted by Gasteiger charge is -2.34. The molecule has 0 aliphatic carbocycles. The van der Waals surface area contributed by atoms with Gasteiger partial charge in [-0.15, -0.1) is 11.3 Å². The smallest absolute Gasteiger partial charge is 0.266 e. The van der Waals surface area contributed by atoms with Gasteiger partial charge in [0.25, 0.3) is 5.91 Å². The molecule has 0 saturated carbocycles. The number of rotatable bonds is 7. The summed E-state index contributed by atoms with van der Waals surface area (Å²) in [6, 6.07) is 5.99. The number of hydrogen-bond donors (Lipinski definition) is 1. The fraction of sp³-hybridized carbons (Fsp3) is 0.565. The molecule has 164 valence electrons. The second kappa shape index (κ2) is 9.90. The van der Waals surface area contributed by atoms with Gasteiger partial charge in [-0.2, -0.15) is 0 Å². The van der Waals surface area contributed by atoms with Gasteiger partial charge in [0.05, 0.1) is 17.9 Å². The van der Waals surface area contributed by atoms with E-state index in [2.05, 4.69) is 55.9 Å². The van der Waals surface area contributed by atoms with Crippen molar-refractivity contribution in [2.75, 3.05) is 18.4 Å². The van der Waals surface area contributed by atoms with Crippen molar-refractivity contribution in [3.05, 3.63) is 40.4 Å². The second-order valence-corrected chi connectivity index (χ2v) is 9.38. The van der Waals surface area contributed by atoms with Crippen LogP contribution in [0, 0.1) is 6.92 Å². The topological polar surface area (TPSA) is 63.7 Å². The van der Waals surface area contributed by atoms with Crippen LogP contribution in [-0.2, 0) is 16.1 Å². The predicted molar refractivity (Wildman–Crippen MR) is 121 cm³/mol. The Hall–Kier alpha value is -1.96. The third-order valence-corrected chi connectivity index (χ3v) is 6.01. The molecule has 1 aromatic carbocycles. The molecule has 0 bridgehead atoms. The zero-order valence-electron chi connectivity index (χ0n) is 18.8. The number of amides is 1. The molecule has 7 heteroatoms. The molecule has 3 rings (SSSR count). The molecule has 2 heterocycles. The Balaban J connectivity index is 1.54. The van der Waals surface area contributed by atoms with Crippen LogP contribution in [0.25, 0.3) is 0 Å². The van der Waals surface area contributed by atoms with Crippen molar-refractivity contribution in [2.45, 2.75) is 72.3 Å². The normalized spacial score (nSPS) is 20.9. The van der Waals surface area contributed by atoms with Crippen molar-refractivity contribution in [1.29, 1.82) is 0 Å². The number of anilines is 1. The van der Waals surface area contributed by atoms with Gasteiger partial charge >= 0.3 is 0 Å². The number of benzene rings is 1. The lowest BCUT2D eigenvalue weighted by molar-refractivity contribution is -0.122. The highest BCUT2D eigenvalue weighted by atomic mass is 32.1. The molecule has 1 aliphatic rings. The monoisotopic (exact) mass is 431 g/mol. The molecule has 1 saturated heterocycles. The Morgan fingerprint density at radius 3 is 2.63 bits per heavy atom. The third-order valence-electron chi connectivity index (χ3n) is 5.21. The van der Waals surface area contributed by atoms with E-state index in [9.17, 15) is 4.79 Å². The quantitative estimate of drug-likeness (QED) is 0.695. The lowest BCUT2D eigenvalue weighted by Crippen LogP contribution is -2.44. The highest BCUT2D eigenvalue weighted by Gasteiger charge is 2.23. The van der Waals surface area contributed by atoms with Crippen LogP contribution in [0.1, 0.15) is 57.4 Å². The van der Waals surface area contributed by atoms with E-state index >= 15 is 0 Å². The van der Waals surface area contributed by atoms with Crippen molar-refractivity contribution in [2.24, 2.45) is 0 Å². The maximum Gasteiger partial charge on any atom is 0.266 e. The van der Waals surface area contributed by atoms with E-state index in [1.165, 1.54) is 22.5 Å². The molecule has 0 spiro atoms. The number of aromatic nitrogens is 1. The molecule has 30 heavy (non-hydrogen) atoms. The number of thiazole rings is 1. The van der Waals surface area contributed by atoms with Gasteiger partial charge in [0.1, 0.15) is 5.75 Å². The number of hydrogen-bond acceptors (Lipinski definition) is 6. The van der Waals surface area contributed by atoms with Gasteiger partial charge < -0.3 is 9.47 Å². The second-order valence-electron chi connectivity index (χ2n) is 8.52. The minimum atomic E-state index is -0.609. The van der Waals surface area contributed by atoms with Gasteiger partial charge in [0.15, 0.2) is 11.2 Å². The summed E-state index contributed by atoms with van der Waals surface area (Å²) in [6.07, 6.45) is -0.159. The number of aryl methyl sites for hydroxylation is 1. The van der Waals surface area contributed by atoms with Crippen LogP contribution in [0.4, 0.5) is 5.13 Å². The van der Waals surface area contributed by atoms with Gasteiger partial charge in [-0.05, 0) is 56.9 Å². The van der Waals surface area contributed by atoms with Crippen LogP contribution in [0.5, 0.6) is 5.75 Å². The highest BCUT2D eigenvalue weighted by molar-refractivity contribution is 7.13. The fourth-order valence-corrected chi connectivity index (χ4v) is 4.62. The van der Waals surface area contributed by atoms with Crippen LogP contribution in [0.3, 0.4) is 0 Å². The number of nitrogens with one attached hydrogen (secondary N) is 1. The first-order chi connectivity index (χ1) is 14.2. The van der Waals surface area contributed by atoms with E-state index in [1.54, 1.807) is 6.92 Å². The summed E-state index contributed by atoms with van der Waals surface area (Å²) in [5.74, 6) is 0.966. The van der Waals surface area contributed by atoms with E-state index in [0.717, 1.165) is 25.3 Å². The predicted octanol–water partition coefficient (Wildman–Crippen LogP) is 4.59. The molecule has 3 unspecified atom stereocenters. The van der Waals surface area contributed by atoms with Crippen LogP contribution in [0.15, 0.2) is 23.6 Å². The number of morpholine rings is 1. The molecule has 0 radical (unpaired) electrons. The summed E-state index contributed by atoms with van der Waals surface area (Å²) in [7, 11) is 0. The average molecular weight is 432 g/mol. The summed E-state index contributed by atoms with van der Waals surface area (Å²) in [5, 5.41) is 5.48. The van der Waals surface area contributed by atoms with E-state index in [4.69, 9.17) is 9.47 Å². The van der Waals surface area contributed by atoms with Gasteiger partial charge in [-0.3, -0.25) is 15.0 Å². The number of nitrogens with zero attached hydrogens (tertiary/aromatic N) is 2. The summed E-state index contributed by atoms with van der Waals surface area (Å²) < 4.78 is 11.6. The molecule has 1 fully saturated rings. The van der Waals surface area contributed by atoms with E-state index in [1.807, 2.05) is 17.5 Å². The largest absolute Gasteiger partial charge is 0.481 e. The zero-order valence-corrected chi connectivity index (χ0v) is 19.6. The molecule has 3 atom stereocenters. The Bertz CT molecular complexity index is 857. The van der Waals surface area contributed by atoms with Crippen molar-refractivity contribution in [3.63, 3.8) is 0 Å². The van der Waals surface area contributed by atoms with Gasteiger partial charge in [0, 0.05) is 25.0 Å². The first-order valence-electron chi connectivity index (χ1n) is 10.6. The molecular formula is C23H33N3O3S. The summed E-state index contributed by atoms with van der Waals surface area (Å²) >= 11 is 1.44. The number of carbonyl (C=O) groups is 1. The van der Waals surface area contributed by atoms with Gasteiger partial charge in [-0.1, -0.05) is 19.9 Å². The third kappa shape index (κ3) is 6.03. The zero-order chi connectivity index (χ0) is 21.8. The molecule has 1 amide bonds. The Labute approximate surface area is 183 Å². The number of ether oxygens (including phenoxy) is 2. The van der Waals surface area contributed by atoms with Gasteiger partial charge in [0.2, 0.25) is 0 Å². The van der Waals surface area contributed by atoms with Gasteiger partial charge in [-0.25, -0.2) is 4.98 Å². The Kier molecular flexibility index (Phi) is 7.50. The van der Waals surface area contributed by atoms with E-state index in [0.29, 0.717) is 16.8 Å². The average Bonchev–Trinajstić information content (AvgIpc) is 3.07. The molecule has 1 N–H and O–H groups in total. The summed E-state index contributed by atoms with van der Waals surface area (Å²) in [6.45, 7) is 14.9. The van der Waals surface area contributed by atoms with Crippen molar-refractivity contribution in [3.8, 4) is 5.75 Å². The fourth-order valence-electron chi connectivity index (χ4n) is 3.91. The van der Waals surface area contributed by atoms with Crippen LogP contribution >= 0.6 is 11.3 Å². The SMILES string of the molecule is Cc1cc(OC(C)C(=O)Nc2nc(CN3CC(C)OC(C)C3)cs2)ccc1C(C)C. The molecule has 1 aromatic heterocycles. The first kappa shape index (κ1) is 22.7. The van der Waals surface area contributed by atoms with Crippen LogP contribution in [0.2, 0.25) is 0 Å². The Morgan fingerprint density at radius 2 is 2.00 bits per heavy atom. The van der Waals surface area contributed by atoms with Crippen molar-refractivity contribution < 1.29 is 14.3 Å². The minimum Gasteiger partial charge on any atom is -0.481 e. The van der Waals surface area contributed by atoms with Crippen LogP contribution in [-0.4, -0.2) is 47.2 Å². The molecule has 1 aliphatic heterocycles. The van der Waals surface area contributed by atoms with Crippen molar-refractivity contribution in [1.82, 2.24) is 9.88 Å². The van der Waals surface area contributed by atoms with Crippen molar-refractivity contribution >= 4 is 22.4 Å². The maximum absolute atomic E-state index is 12.6. The van der Waals surface area contributed by atoms with Crippen LogP contribution < -0.4 is 10.1 Å². The standard InChI is InChI=1S/C23H33N3O3S/c1-14(2)21-8-7-20(9-15(21)3)29-18(6)22(27)25-23-24-19(13-30-23)12-26-10-16(4)28-17(5)11-26/h7-9,13-14,16-18H,10-12H2,1-6H3,(H,24,25,27). The molecular weight excluding hydrogens is 398 g/mol. The van der Waals surface area contributed by atoms with E-state index < -0.39 is 6.10 Å². The first-order valence-corrected chi connectivity index (χ1v) is 11.5. The summed E-state index contributed by atoms with van der Waals surface area (Å²) in [5.41, 5.74) is 3.43.